The molecule has 1 N–H and O–H groups in total. The lowest BCUT2D eigenvalue weighted by atomic mass is 10.2. The third-order valence-corrected chi connectivity index (χ3v) is 6.54. The molecule has 1 amide bonds. The van der Waals surface area contributed by atoms with Crippen molar-refractivity contribution in [2.75, 3.05) is 10.8 Å². The zero-order chi connectivity index (χ0) is 20.9. The summed E-state index contributed by atoms with van der Waals surface area (Å²) in [6, 6.07) is 21.4. The zero-order valence-electron chi connectivity index (χ0n) is 15.3. The molecule has 0 aliphatic heterocycles. The number of nitrogens with zero attached hydrogens (tertiary/aromatic N) is 1. The van der Waals surface area contributed by atoms with Crippen molar-refractivity contribution in [3.05, 3.63) is 94.5 Å². The van der Waals surface area contributed by atoms with Crippen molar-refractivity contribution in [3.8, 4) is 0 Å². The normalized spacial score (nSPS) is 11.1. The summed E-state index contributed by atoms with van der Waals surface area (Å²) in [7, 11) is -3.97. The molecule has 0 spiro atoms. The van der Waals surface area contributed by atoms with Crippen LogP contribution >= 0.6 is 23.2 Å². The third kappa shape index (κ3) is 5.29. The Hall–Kier alpha value is -2.54. The third-order valence-electron chi connectivity index (χ3n) is 4.15. The molecule has 0 saturated carbocycles. The minimum atomic E-state index is -3.97. The number of carbonyl (C=O) groups excluding carboxylic acids is 1. The van der Waals surface area contributed by atoms with Gasteiger partial charge >= 0.3 is 0 Å². The van der Waals surface area contributed by atoms with Gasteiger partial charge in [-0.15, -0.1) is 0 Å². The molecule has 0 aliphatic rings. The van der Waals surface area contributed by atoms with Gasteiger partial charge in [0.15, 0.2) is 0 Å². The van der Waals surface area contributed by atoms with E-state index in [4.69, 9.17) is 23.2 Å². The molecule has 29 heavy (non-hydrogen) atoms. The summed E-state index contributed by atoms with van der Waals surface area (Å²) in [5.74, 6) is -0.468. The highest BCUT2D eigenvalue weighted by molar-refractivity contribution is 7.92. The maximum absolute atomic E-state index is 13.2. The summed E-state index contributed by atoms with van der Waals surface area (Å²) < 4.78 is 27.4. The first kappa shape index (κ1) is 21.2. The number of hydrogen-bond donors (Lipinski definition) is 1. The predicted octanol–water partition coefficient (Wildman–Crippen LogP) is 4.51. The molecule has 3 aromatic rings. The van der Waals surface area contributed by atoms with Gasteiger partial charge in [-0.05, 0) is 42.0 Å². The zero-order valence-corrected chi connectivity index (χ0v) is 17.6. The van der Waals surface area contributed by atoms with E-state index in [1.807, 2.05) is 6.07 Å². The molecule has 3 rings (SSSR count). The standard InChI is InChI=1S/C21H18Cl2N2O3S/c22-17-8-6-9-18(13-17)25(29(27,28)19-10-2-1-3-11-19)15-21(26)24-14-16-7-4-5-12-20(16)23/h1-13H,14-15H2,(H,24,26). The number of halogens is 2. The number of sulfonamides is 1. The molecule has 0 aliphatic carbocycles. The highest BCUT2D eigenvalue weighted by Gasteiger charge is 2.27. The molecule has 8 heteroatoms. The second-order valence-corrected chi connectivity index (χ2v) is 8.88. The van der Waals surface area contributed by atoms with E-state index >= 15 is 0 Å². The predicted molar refractivity (Wildman–Crippen MR) is 116 cm³/mol. The fourth-order valence-electron chi connectivity index (χ4n) is 2.69. The van der Waals surface area contributed by atoms with Crippen LogP contribution in [0.3, 0.4) is 0 Å². The first-order valence-corrected chi connectivity index (χ1v) is 10.9. The van der Waals surface area contributed by atoms with Gasteiger partial charge in [-0.1, -0.05) is 65.7 Å². The molecular formula is C21H18Cl2N2O3S. The van der Waals surface area contributed by atoms with Gasteiger partial charge in [0, 0.05) is 16.6 Å². The van der Waals surface area contributed by atoms with E-state index < -0.39 is 22.5 Å². The van der Waals surface area contributed by atoms with E-state index in [-0.39, 0.29) is 11.4 Å². The summed E-state index contributed by atoms with van der Waals surface area (Å²) in [6.07, 6.45) is 0. The fraction of sp³-hybridized carbons (Fsp3) is 0.0952. The molecule has 0 radical (unpaired) electrons. The van der Waals surface area contributed by atoms with Crippen LogP contribution < -0.4 is 9.62 Å². The minimum Gasteiger partial charge on any atom is -0.350 e. The maximum Gasteiger partial charge on any atom is 0.264 e. The summed E-state index contributed by atoms with van der Waals surface area (Å²) in [5.41, 5.74) is 1.04. The molecule has 0 atom stereocenters. The van der Waals surface area contributed by atoms with Gasteiger partial charge in [0.2, 0.25) is 5.91 Å². The Bertz CT molecular complexity index is 1110. The van der Waals surface area contributed by atoms with E-state index in [1.165, 1.54) is 18.2 Å². The molecule has 5 nitrogen and oxygen atoms in total. The molecule has 0 aromatic heterocycles. The Balaban J connectivity index is 1.86. The number of amides is 1. The molecule has 3 aromatic carbocycles. The van der Waals surface area contributed by atoms with E-state index in [0.29, 0.717) is 15.7 Å². The van der Waals surface area contributed by atoms with Crippen LogP contribution in [-0.2, 0) is 21.4 Å². The van der Waals surface area contributed by atoms with Crippen molar-refractivity contribution in [3.63, 3.8) is 0 Å². The van der Waals surface area contributed by atoms with Gasteiger partial charge in [0.1, 0.15) is 6.54 Å². The number of hydrogen-bond acceptors (Lipinski definition) is 3. The van der Waals surface area contributed by atoms with Crippen molar-refractivity contribution in [1.82, 2.24) is 5.32 Å². The Morgan fingerprint density at radius 3 is 2.28 bits per heavy atom. The Morgan fingerprint density at radius 1 is 0.897 bits per heavy atom. The van der Waals surface area contributed by atoms with Crippen molar-refractivity contribution in [1.29, 1.82) is 0 Å². The van der Waals surface area contributed by atoms with Gasteiger partial charge in [-0.25, -0.2) is 8.42 Å². The van der Waals surface area contributed by atoms with Crippen molar-refractivity contribution < 1.29 is 13.2 Å². The van der Waals surface area contributed by atoms with E-state index in [0.717, 1.165) is 9.87 Å². The van der Waals surface area contributed by atoms with Crippen LogP contribution in [0.4, 0.5) is 5.69 Å². The van der Waals surface area contributed by atoms with Crippen molar-refractivity contribution >= 4 is 44.8 Å². The van der Waals surface area contributed by atoms with Crippen LogP contribution in [0.2, 0.25) is 10.0 Å². The largest absolute Gasteiger partial charge is 0.350 e. The Labute approximate surface area is 179 Å². The molecule has 0 saturated heterocycles. The highest BCUT2D eigenvalue weighted by Crippen LogP contribution is 2.26. The first-order valence-electron chi connectivity index (χ1n) is 8.71. The number of rotatable bonds is 7. The lowest BCUT2D eigenvalue weighted by Crippen LogP contribution is -2.40. The molecule has 0 bridgehead atoms. The SMILES string of the molecule is O=C(CN(c1cccc(Cl)c1)S(=O)(=O)c1ccccc1)NCc1ccccc1Cl. The Morgan fingerprint density at radius 2 is 1.59 bits per heavy atom. The molecule has 150 valence electrons. The number of anilines is 1. The van der Waals surface area contributed by atoms with Gasteiger partial charge < -0.3 is 5.32 Å². The van der Waals surface area contributed by atoms with Gasteiger partial charge in [0.05, 0.1) is 10.6 Å². The average Bonchev–Trinajstić information content (AvgIpc) is 2.72. The fourth-order valence-corrected chi connectivity index (χ4v) is 4.51. The first-order chi connectivity index (χ1) is 13.9. The number of carbonyl (C=O) groups is 1. The average molecular weight is 449 g/mol. The van der Waals surface area contributed by atoms with E-state index in [1.54, 1.807) is 54.6 Å². The topological polar surface area (TPSA) is 66.5 Å². The lowest BCUT2D eigenvalue weighted by Gasteiger charge is -2.24. The van der Waals surface area contributed by atoms with Crippen molar-refractivity contribution in [2.24, 2.45) is 0 Å². The Kier molecular flexibility index (Phi) is 6.79. The molecule has 0 unspecified atom stereocenters. The lowest BCUT2D eigenvalue weighted by molar-refractivity contribution is -0.119. The van der Waals surface area contributed by atoms with Crippen LogP contribution in [0.1, 0.15) is 5.56 Å². The van der Waals surface area contributed by atoms with Crippen LogP contribution in [-0.4, -0.2) is 20.9 Å². The number of benzene rings is 3. The maximum atomic E-state index is 13.2. The smallest absolute Gasteiger partial charge is 0.264 e. The summed E-state index contributed by atoms with van der Waals surface area (Å²) in [4.78, 5) is 12.7. The molecule has 0 heterocycles. The van der Waals surface area contributed by atoms with Gasteiger partial charge in [0.25, 0.3) is 10.0 Å². The number of nitrogens with one attached hydrogen (secondary N) is 1. The van der Waals surface area contributed by atoms with Crippen LogP contribution in [0, 0.1) is 0 Å². The molecular weight excluding hydrogens is 431 g/mol. The molecule has 0 fully saturated rings. The quantitative estimate of drug-likeness (QED) is 0.578. The minimum absolute atomic E-state index is 0.0823. The van der Waals surface area contributed by atoms with Crippen LogP contribution in [0.5, 0.6) is 0 Å². The van der Waals surface area contributed by atoms with E-state index in [9.17, 15) is 13.2 Å². The summed E-state index contributed by atoms with van der Waals surface area (Å²) in [6.45, 7) is -0.213. The van der Waals surface area contributed by atoms with Gasteiger partial charge in [-0.3, -0.25) is 9.10 Å². The monoisotopic (exact) mass is 448 g/mol. The highest BCUT2D eigenvalue weighted by atomic mass is 35.5. The van der Waals surface area contributed by atoms with Crippen LogP contribution in [0.25, 0.3) is 0 Å². The summed E-state index contributed by atoms with van der Waals surface area (Å²) >= 11 is 12.2. The summed E-state index contributed by atoms with van der Waals surface area (Å²) in [5, 5.41) is 3.61. The van der Waals surface area contributed by atoms with Crippen molar-refractivity contribution in [2.45, 2.75) is 11.4 Å². The van der Waals surface area contributed by atoms with E-state index in [2.05, 4.69) is 5.32 Å². The second kappa shape index (κ2) is 9.31. The van der Waals surface area contributed by atoms with Crippen LogP contribution in [0.15, 0.2) is 83.8 Å². The second-order valence-electron chi connectivity index (χ2n) is 6.17. The van der Waals surface area contributed by atoms with Gasteiger partial charge in [-0.2, -0.15) is 0 Å².